The van der Waals surface area contributed by atoms with Gasteiger partial charge < -0.3 is 20.1 Å². The summed E-state index contributed by atoms with van der Waals surface area (Å²) in [4.78, 5) is 23.9. The molecule has 2 aromatic rings. The van der Waals surface area contributed by atoms with Crippen molar-refractivity contribution in [2.75, 3.05) is 25.6 Å². The summed E-state index contributed by atoms with van der Waals surface area (Å²) < 4.78 is 10.7. The molecule has 27 heavy (non-hydrogen) atoms. The molecule has 0 radical (unpaired) electrons. The van der Waals surface area contributed by atoms with Gasteiger partial charge in [-0.3, -0.25) is 9.59 Å². The molecule has 6 nitrogen and oxygen atoms in total. The molecule has 2 amide bonds. The van der Waals surface area contributed by atoms with Gasteiger partial charge in [-0.2, -0.15) is 0 Å². The van der Waals surface area contributed by atoms with E-state index in [1.165, 1.54) is 0 Å². The fourth-order valence-corrected chi connectivity index (χ4v) is 2.28. The second kappa shape index (κ2) is 10.2. The summed E-state index contributed by atoms with van der Waals surface area (Å²) in [6.45, 7) is 5.15. The summed E-state index contributed by atoms with van der Waals surface area (Å²) in [6.07, 6.45) is 0.630. The molecule has 0 saturated carbocycles. The smallest absolute Gasteiger partial charge is 0.313 e. The fraction of sp³-hybridized carbons (Fsp3) is 0.333. The molecule has 0 heterocycles. The molecule has 2 aromatic carbocycles. The van der Waals surface area contributed by atoms with Gasteiger partial charge in [0.05, 0.1) is 13.7 Å². The predicted octanol–water partition coefficient (Wildman–Crippen LogP) is 3.03. The van der Waals surface area contributed by atoms with E-state index < -0.39 is 11.8 Å². The van der Waals surface area contributed by atoms with E-state index in [-0.39, 0.29) is 0 Å². The van der Waals surface area contributed by atoms with E-state index in [4.69, 9.17) is 9.47 Å². The molecular weight excluding hydrogens is 344 g/mol. The lowest BCUT2D eigenvalue weighted by molar-refractivity contribution is -0.136. The Balaban J connectivity index is 1.75. The van der Waals surface area contributed by atoms with Gasteiger partial charge in [-0.25, -0.2) is 0 Å². The third-order valence-electron chi connectivity index (χ3n) is 3.76. The highest BCUT2D eigenvalue weighted by Gasteiger charge is 2.13. The van der Waals surface area contributed by atoms with Gasteiger partial charge in [0, 0.05) is 12.2 Å². The van der Waals surface area contributed by atoms with E-state index in [2.05, 4.69) is 24.5 Å². The lowest BCUT2D eigenvalue weighted by atomic mass is 10.1. The largest absolute Gasteiger partial charge is 0.497 e. The zero-order valence-corrected chi connectivity index (χ0v) is 16.0. The topological polar surface area (TPSA) is 76.7 Å². The molecule has 0 aliphatic heterocycles. The molecule has 0 fully saturated rings. The first-order chi connectivity index (χ1) is 13.0. The van der Waals surface area contributed by atoms with Crippen LogP contribution in [0.3, 0.4) is 0 Å². The lowest BCUT2D eigenvalue weighted by Gasteiger charge is -2.10. The number of rotatable bonds is 8. The van der Waals surface area contributed by atoms with Crippen LogP contribution in [0.15, 0.2) is 48.5 Å². The first-order valence-corrected chi connectivity index (χ1v) is 8.93. The number of ether oxygens (including phenoxy) is 2. The van der Waals surface area contributed by atoms with Crippen molar-refractivity contribution in [1.29, 1.82) is 0 Å². The Morgan fingerprint density at radius 3 is 2.15 bits per heavy atom. The van der Waals surface area contributed by atoms with E-state index in [0.717, 1.165) is 17.1 Å². The molecule has 0 aliphatic rings. The molecule has 0 aliphatic carbocycles. The number of methoxy groups -OCH3 is 1. The van der Waals surface area contributed by atoms with Crippen LogP contribution in [-0.4, -0.2) is 32.1 Å². The van der Waals surface area contributed by atoms with Crippen LogP contribution in [0.2, 0.25) is 0 Å². The van der Waals surface area contributed by atoms with Crippen LogP contribution < -0.4 is 20.1 Å². The summed E-state index contributed by atoms with van der Waals surface area (Å²) in [5.74, 6) is 0.587. The van der Waals surface area contributed by atoms with E-state index in [1.807, 2.05) is 24.3 Å². The predicted molar refractivity (Wildman–Crippen MR) is 105 cm³/mol. The van der Waals surface area contributed by atoms with Crippen LogP contribution in [0.25, 0.3) is 0 Å². The van der Waals surface area contributed by atoms with Crippen molar-refractivity contribution in [2.45, 2.75) is 20.3 Å². The first-order valence-electron chi connectivity index (χ1n) is 8.93. The molecule has 0 atom stereocenters. The molecule has 2 N–H and O–H groups in total. The third kappa shape index (κ3) is 7.01. The van der Waals surface area contributed by atoms with Gasteiger partial charge in [0.15, 0.2) is 0 Å². The molecule has 144 valence electrons. The van der Waals surface area contributed by atoms with E-state index in [1.54, 1.807) is 31.4 Å². The first kappa shape index (κ1) is 20.3. The summed E-state index contributed by atoms with van der Waals surface area (Å²) in [7, 11) is 1.61. The average Bonchev–Trinajstić information content (AvgIpc) is 2.67. The van der Waals surface area contributed by atoms with Crippen molar-refractivity contribution in [1.82, 2.24) is 5.32 Å². The van der Waals surface area contributed by atoms with Crippen molar-refractivity contribution in [3.8, 4) is 11.5 Å². The van der Waals surface area contributed by atoms with E-state index in [0.29, 0.717) is 31.2 Å². The monoisotopic (exact) mass is 370 g/mol. The van der Waals surface area contributed by atoms with Gasteiger partial charge in [-0.1, -0.05) is 26.0 Å². The van der Waals surface area contributed by atoms with Gasteiger partial charge in [0.1, 0.15) is 11.5 Å². The van der Waals surface area contributed by atoms with Crippen LogP contribution in [-0.2, 0) is 16.0 Å². The molecule has 0 unspecified atom stereocenters. The second-order valence-corrected chi connectivity index (χ2v) is 6.54. The molecule has 0 aromatic heterocycles. The Morgan fingerprint density at radius 2 is 1.56 bits per heavy atom. The number of anilines is 1. The SMILES string of the molecule is COc1ccc(CCNC(=O)C(=O)Nc2ccc(OCC(C)C)cc2)cc1. The van der Waals surface area contributed by atoms with Crippen LogP contribution >= 0.6 is 0 Å². The zero-order chi connectivity index (χ0) is 19.6. The zero-order valence-electron chi connectivity index (χ0n) is 16.0. The number of carbonyl (C=O) groups excluding carboxylic acids is 2. The van der Waals surface area contributed by atoms with Gasteiger partial charge in [-0.05, 0) is 54.3 Å². The highest BCUT2D eigenvalue weighted by molar-refractivity contribution is 6.39. The normalized spacial score (nSPS) is 10.4. The van der Waals surface area contributed by atoms with E-state index >= 15 is 0 Å². The Labute approximate surface area is 159 Å². The minimum absolute atomic E-state index is 0.376. The summed E-state index contributed by atoms with van der Waals surface area (Å²) >= 11 is 0. The van der Waals surface area contributed by atoms with Gasteiger partial charge in [0.25, 0.3) is 0 Å². The minimum atomic E-state index is -0.694. The summed E-state index contributed by atoms with van der Waals surface area (Å²) in [6, 6.07) is 14.5. The Bertz CT molecular complexity index is 740. The molecule has 0 spiro atoms. The standard InChI is InChI=1S/C21H26N2O4/c1-15(2)14-27-19-10-6-17(7-11-19)23-21(25)20(24)22-13-12-16-4-8-18(26-3)9-5-16/h4-11,15H,12-14H2,1-3H3,(H,22,24)(H,23,25). The third-order valence-corrected chi connectivity index (χ3v) is 3.76. The number of hydrogen-bond donors (Lipinski definition) is 2. The molecular formula is C21H26N2O4. The van der Waals surface area contributed by atoms with Crippen molar-refractivity contribution in [3.63, 3.8) is 0 Å². The Morgan fingerprint density at radius 1 is 0.926 bits per heavy atom. The van der Waals surface area contributed by atoms with Crippen molar-refractivity contribution in [2.24, 2.45) is 5.92 Å². The van der Waals surface area contributed by atoms with Gasteiger partial charge in [0.2, 0.25) is 0 Å². The summed E-state index contributed by atoms with van der Waals surface area (Å²) in [5.41, 5.74) is 1.59. The highest BCUT2D eigenvalue weighted by Crippen LogP contribution is 2.16. The van der Waals surface area contributed by atoms with Crippen LogP contribution in [0.1, 0.15) is 19.4 Å². The van der Waals surface area contributed by atoms with Crippen molar-refractivity contribution < 1.29 is 19.1 Å². The fourth-order valence-electron chi connectivity index (χ4n) is 2.28. The number of carbonyl (C=O) groups is 2. The minimum Gasteiger partial charge on any atom is -0.497 e. The lowest BCUT2D eigenvalue weighted by Crippen LogP contribution is -2.36. The highest BCUT2D eigenvalue weighted by atomic mass is 16.5. The van der Waals surface area contributed by atoms with Gasteiger partial charge >= 0.3 is 11.8 Å². The molecule has 2 rings (SSSR count). The van der Waals surface area contributed by atoms with Crippen LogP contribution in [0.4, 0.5) is 5.69 Å². The maximum absolute atomic E-state index is 12.0. The molecule has 0 saturated heterocycles. The Hall–Kier alpha value is -3.02. The van der Waals surface area contributed by atoms with Crippen LogP contribution in [0, 0.1) is 5.92 Å². The molecule has 0 bridgehead atoms. The number of benzene rings is 2. The van der Waals surface area contributed by atoms with Crippen molar-refractivity contribution >= 4 is 17.5 Å². The Kier molecular flexibility index (Phi) is 7.67. The quantitative estimate of drug-likeness (QED) is 0.701. The molecule has 6 heteroatoms. The number of amides is 2. The summed E-state index contributed by atoms with van der Waals surface area (Å²) in [5, 5.41) is 5.19. The number of hydrogen-bond acceptors (Lipinski definition) is 4. The van der Waals surface area contributed by atoms with Crippen LogP contribution in [0.5, 0.6) is 11.5 Å². The van der Waals surface area contributed by atoms with Crippen molar-refractivity contribution in [3.05, 3.63) is 54.1 Å². The van der Waals surface area contributed by atoms with Gasteiger partial charge in [-0.15, -0.1) is 0 Å². The average molecular weight is 370 g/mol. The maximum Gasteiger partial charge on any atom is 0.313 e. The number of nitrogens with one attached hydrogen (secondary N) is 2. The second-order valence-electron chi connectivity index (χ2n) is 6.54. The van der Waals surface area contributed by atoms with E-state index in [9.17, 15) is 9.59 Å². The maximum atomic E-state index is 12.0.